The molecule has 1 aromatic rings. The number of rotatable bonds is 8. The average molecular weight is 543 g/mol. The third-order valence-corrected chi connectivity index (χ3v) is 9.06. The second-order valence-corrected chi connectivity index (χ2v) is 13.2. The van der Waals surface area contributed by atoms with Crippen LogP contribution in [0.3, 0.4) is 0 Å². The first kappa shape index (κ1) is 28.5. The first-order valence-corrected chi connectivity index (χ1v) is 16.0. The molecule has 10 heteroatoms. The number of aromatic nitrogens is 1. The third-order valence-electron chi connectivity index (χ3n) is 8.55. The number of amidine groups is 1. The van der Waals surface area contributed by atoms with Crippen LogP contribution in [-0.4, -0.2) is 67.5 Å². The van der Waals surface area contributed by atoms with Crippen LogP contribution < -0.4 is 10.6 Å². The minimum atomic E-state index is -3.68. The van der Waals surface area contributed by atoms with Gasteiger partial charge in [0.1, 0.15) is 11.9 Å². The van der Waals surface area contributed by atoms with Gasteiger partial charge in [-0.15, -0.1) is 4.40 Å². The van der Waals surface area contributed by atoms with E-state index in [0.717, 1.165) is 70.7 Å². The molecule has 2 heterocycles. The van der Waals surface area contributed by atoms with Gasteiger partial charge in [0.05, 0.1) is 18.2 Å². The lowest BCUT2D eigenvalue weighted by Gasteiger charge is -2.36. The fraction of sp³-hybridized carbons (Fsp3) is 0.714. The molecule has 5 unspecified atom stereocenters. The van der Waals surface area contributed by atoms with Crippen LogP contribution in [0.25, 0.3) is 0 Å². The van der Waals surface area contributed by atoms with Crippen LogP contribution >= 0.6 is 0 Å². The Kier molecular flexibility index (Phi) is 9.77. The van der Waals surface area contributed by atoms with E-state index in [1.54, 1.807) is 24.5 Å². The van der Waals surface area contributed by atoms with Gasteiger partial charge >= 0.3 is 0 Å². The lowest BCUT2D eigenvalue weighted by Crippen LogP contribution is -2.51. The van der Waals surface area contributed by atoms with Gasteiger partial charge in [-0.25, -0.2) is 8.42 Å². The maximum Gasteiger partial charge on any atom is 0.252 e. The predicted octanol–water partition coefficient (Wildman–Crippen LogP) is 3.24. The molecule has 2 aliphatic carbocycles. The van der Waals surface area contributed by atoms with Crippen molar-refractivity contribution in [2.24, 2.45) is 22.2 Å². The molecule has 1 aromatic heterocycles. The van der Waals surface area contributed by atoms with Crippen molar-refractivity contribution in [2.45, 2.75) is 89.3 Å². The minimum Gasteiger partial charge on any atom is -0.357 e. The van der Waals surface area contributed by atoms with Crippen LogP contribution in [0.15, 0.2) is 28.9 Å². The Morgan fingerprint density at radius 3 is 2.61 bits per heavy atom. The van der Waals surface area contributed by atoms with Crippen LogP contribution in [0.4, 0.5) is 0 Å². The molecule has 208 valence electrons. The van der Waals surface area contributed by atoms with Crippen molar-refractivity contribution in [3.05, 3.63) is 30.1 Å². The second kappa shape index (κ2) is 13.0. The number of likely N-dealkylation sites (tertiary alicyclic amines) is 1. The maximum absolute atomic E-state index is 13.7. The van der Waals surface area contributed by atoms with Crippen molar-refractivity contribution in [1.29, 1.82) is 5.26 Å². The van der Waals surface area contributed by atoms with Gasteiger partial charge < -0.3 is 10.6 Å². The SMILES string of the molecule is CC1CCC(N2CCC(NC(=O)C(CC3CCCCC3)NC(=NS(C)(=O)=O)c3ccncc3)C2)CC1C#N. The highest BCUT2D eigenvalue weighted by Gasteiger charge is 2.36. The quantitative estimate of drug-likeness (QED) is 0.381. The number of pyridine rings is 1. The van der Waals surface area contributed by atoms with E-state index in [-0.39, 0.29) is 23.7 Å². The van der Waals surface area contributed by atoms with Crippen molar-refractivity contribution in [3.8, 4) is 6.07 Å². The zero-order valence-electron chi connectivity index (χ0n) is 22.7. The Hall–Kier alpha value is -2.51. The van der Waals surface area contributed by atoms with Gasteiger partial charge in [-0.3, -0.25) is 14.7 Å². The number of carbonyl (C=O) groups is 1. The summed E-state index contributed by atoms with van der Waals surface area (Å²) in [5, 5.41) is 16.0. The predicted molar refractivity (Wildman–Crippen MR) is 148 cm³/mol. The van der Waals surface area contributed by atoms with Gasteiger partial charge in [0, 0.05) is 43.1 Å². The molecule has 2 N–H and O–H groups in total. The second-order valence-electron chi connectivity index (χ2n) is 11.5. The monoisotopic (exact) mass is 542 g/mol. The molecule has 9 nitrogen and oxygen atoms in total. The van der Waals surface area contributed by atoms with Crippen molar-refractivity contribution >= 4 is 21.8 Å². The highest BCUT2D eigenvalue weighted by molar-refractivity contribution is 7.89. The number of nitriles is 1. The van der Waals surface area contributed by atoms with Crippen LogP contribution in [0.5, 0.6) is 0 Å². The number of hydrogen-bond donors (Lipinski definition) is 2. The fourth-order valence-corrected chi connectivity index (χ4v) is 6.83. The van der Waals surface area contributed by atoms with Crippen LogP contribution in [-0.2, 0) is 14.8 Å². The summed E-state index contributed by atoms with van der Waals surface area (Å²) in [6.07, 6.45) is 14.5. The molecule has 0 bridgehead atoms. The molecule has 4 rings (SSSR count). The molecule has 5 atom stereocenters. The summed E-state index contributed by atoms with van der Waals surface area (Å²) >= 11 is 0. The zero-order chi connectivity index (χ0) is 27.1. The van der Waals surface area contributed by atoms with Gasteiger partial charge in [-0.2, -0.15) is 5.26 Å². The van der Waals surface area contributed by atoms with Crippen molar-refractivity contribution < 1.29 is 13.2 Å². The van der Waals surface area contributed by atoms with Gasteiger partial charge in [0.2, 0.25) is 5.91 Å². The molecule has 1 aliphatic heterocycles. The summed E-state index contributed by atoms with van der Waals surface area (Å²) in [5.74, 6) is 1.04. The number of hydrogen-bond acceptors (Lipinski definition) is 6. The van der Waals surface area contributed by atoms with Gasteiger partial charge in [0.25, 0.3) is 10.0 Å². The Morgan fingerprint density at radius 1 is 1.18 bits per heavy atom. The van der Waals surface area contributed by atoms with Crippen LogP contribution in [0.1, 0.15) is 76.7 Å². The summed E-state index contributed by atoms with van der Waals surface area (Å²) < 4.78 is 28.2. The Bertz CT molecular complexity index is 1110. The highest BCUT2D eigenvalue weighted by atomic mass is 32.2. The zero-order valence-corrected chi connectivity index (χ0v) is 23.5. The summed E-state index contributed by atoms with van der Waals surface area (Å²) in [4.78, 5) is 20.1. The van der Waals surface area contributed by atoms with Gasteiger partial charge in [-0.05, 0) is 56.1 Å². The van der Waals surface area contributed by atoms with Gasteiger partial charge in [0.15, 0.2) is 0 Å². The van der Waals surface area contributed by atoms with E-state index in [0.29, 0.717) is 29.9 Å². The Balaban J connectivity index is 1.45. The van der Waals surface area contributed by atoms with E-state index < -0.39 is 16.1 Å². The molecule has 3 fully saturated rings. The molecular weight excluding hydrogens is 500 g/mol. The number of carbonyl (C=O) groups excluding carboxylic acids is 1. The molecule has 0 spiro atoms. The Morgan fingerprint density at radius 2 is 1.92 bits per heavy atom. The van der Waals surface area contributed by atoms with Gasteiger partial charge in [-0.1, -0.05) is 39.0 Å². The first-order chi connectivity index (χ1) is 18.2. The largest absolute Gasteiger partial charge is 0.357 e. The molecule has 1 saturated heterocycles. The fourth-order valence-electron chi connectivity index (χ4n) is 6.34. The number of amides is 1. The lowest BCUT2D eigenvalue weighted by atomic mass is 9.78. The summed E-state index contributed by atoms with van der Waals surface area (Å²) in [7, 11) is -3.68. The smallest absolute Gasteiger partial charge is 0.252 e. The standard InChI is InChI=1S/C28H42N6O3S/c1-20-8-9-25(17-23(20)18-29)34-15-12-24(19-34)31-28(35)26(16-21-6-4-3-5-7-21)32-27(33-38(2,36)37)22-10-13-30-14-11-22/h10-11,13-14,20-21,23-26H,3-9,12,15-17,19H2,1-2H3,(H,31,35)(H,32,33). The number of nitrogens with one attached hydrogen (secondary N) is 2. The normalized spacial score (nSPS) is 28.4. The van der Waals surface area contributed by atoms with Crippen LogP contribution in [0, 0.1) is 29.1 Å². The number of nitrogens with zero attached hydrogens (tertiary/aromatic N) is 4. The topological polar surface area (TPSA) is 128 Å². The molecular formula is C28H42N6O3S. The van der Waals surface area contributed by atoms with E-state index in [1.807, 2.05) is 0 Å². The summed E-state index contributed by atoms with van der Waals surface area (Å²) in [6.45, 7) is 3.87. The van der Waals surface area contributed by atoms with E-state index in [2.05, 4.69) is 37.9 Å². The minimum absolute atomic E-state index is 0.0364. The van der Waals surface area contributed by atoms with E-state index in [4.69, 9.17) is 0 Å². The van der Waals surface area contributed by atoms with E-state index in [1.165, 1.54) is 6.42 Å². The lowest BCUT2D eigenvalue weighted by molar-refractivity contribution is -0.123. The maximum atomic E-state index is 13.7. The Labute approximate surface area is 227 Å². The van der Waals surface area contributed by atoms with E-state index >= 15 is 0 Å². The highest BCUT2D eigenvalue weighted by Crippen LogP contribution is 2.33. The summed E-state index contributed by atoms with van der Waals surface area (Å²) in [6, 6.07) is 5.73. The molecule has 0 aromatic carbocycles. The molecule has 2 saturated carbocycles. The summed E-state index contributed by atoms with van der Waals surface area (Å²) in [5.41, 5.74) is 0.581. The molecule has 38 heavy (non-hydrogen) atoms. The van der Waals surface area contributed by atoms with Crippen molar-refractivity contribution in [3.63, 3.8) is 0 Å². The first-order valence-electron chi connectivity index (χ1n) is 14.1. The molecule has 0 radical (unpaired) electrons. The average Bonchev–Trinajstić information content (AvgIpc) is 3.37. The van der Waals surface area contributed by atoms with E-state index in [9.17, 15) is 18.5 Å². The number of sulfonamides is 1. The van der Waals surface area contributed by atoms with Crippen LogP contribution in [0.2, 0.25) is 0 Å². The van der Waals surface area contributed by atoms with Crippen molar-refractivity contribution in [2.75, 3.05) is 19.3 Å². The third kappa shape index (κ3) is 8.00. The van der Waals surface area contributed by atoms with Crippen molar-refractivity contribution in [1.82, 2.24) is 20.5 Å². The molecule has 1 amide bonds. The molecule has 3 aliphatic rings.